The number of hydrogen-bond acceptors (Lipinski definition) is 6. The molecule has 7 nitrogen and oxygen atoms in total. The number of ether oxygens (including phenoxy) is 2. The number of likely N-dealkylation sites (tertiary alicyclic amines) is 1. The van der Waals surface area contributed by atoms with Crippen LogP contribution in [-0.4, -0.2) is 62.8 Å². The molecule has 3 heterocycles. The van der Waals surface area contributed by atoms with Gasteiger partial charge in [-0.25, -0.2) is 0 Å². The molecule has 9 rings (SSSR count). The van der Waals surface area contributed by atoms with Crippen molar-refractivity contribution in [3.05, 3.63) is 94.5 Å². The van der Waals surface area contributed by atoms with E-state index in [-0.39, 0.29) is 18.0 Å². The quantitative estimate of drug-likeness (QED) is 0.464. The maximum Gasteiger partial charge on any atom is 0.256 e. The van der Waals surface area contributed by atoms with Crippen LogP contribution in [0, 0.1) is 5.92 Å². The molecule has 42 heavy (non-hydrogen) atoms. The standard InChI is InChI=1S/C35H36N2O5/c38-32-24-8-4-5-9-25(24)33(39)37(32)26-14-15-35(40)28-18-23-12-13-27(41-20-22-6-2-1-3-7-22)30-29(23)34(35,31(26)42-30)16-17-36(28)19-21-10-11-21/h1-9,12-13,21,26,28,31-32,38,40H,10-11,14-20H2/t26-,28-,31+,32?,34+,35-/m1/s1. The Labute approximate surface area is 245 Å². The van der Waals surface area contributed by atoms with Gasteiger partial charge in [0.25, 0.3) is 5.91 Å². The SMILES string of the molecule is O=C1c2ccccc2C(O)N1[C@@H]1CC[C@@]2(O)[C@H]3Cc4ccc(OCc5ccccc5)c5c4[C@@]2(CCN3CC2CC2)[C@H]1O5. The van der Waals surface area contributed by atoms with Gasteiger partial charge in [0.2, 0.25) is 0 Å². The van der Waals surface area contributed by atoms with E-state index in [2.05, 4.69) is 11.0 Å². The van der Waals surface area contributed by atoms with Crippen molar-refractivity contribution in [3.8, 4) is 11.5 Å². The molecule has 3 fully saturated rings. The van der Waals surface area contributed by atoms with Crippen molar-refractivity contribution in [1.82, 2.24) is 9.80 Å². The van der Waals surface area contributed by atoms with Crippen LogP contribution in [0.15, 0.2) is 66.7 Å². The molecule has 1 spiro atoms. The molecule has 216 valence electrons. The first-order valence-electron chi connectivity index (χ1n) is 15.6. The summed E-state index contributed by atoms with van der Waals surface area (Å²) in [6.07, 6.45) is 3.70. The molecular formula is C35H36N2O5. The molecule has 3 aliphatic heterocycles. The number of hydrogen-bond donors (Lipinski definition) is 2. The van der Waals surface area contributed by atoms with Crippen LogP contribution in [-0.2, 0) is 18.4 Å². The Hall–Kier alpha value is -3.39. The van der Waals surface area contributed by atoms with Gasteiger partial charge in [-0.15, -0.1) is 0 Å². The molecule has 3 aromatic rings. The lowest BCUT2D eigenvalue weighted by Gasteiger charge is -2.64. The third-order valence-electron chi connectivity index (χ3n) is 11.3. The van der Waals surface area contributed by atoms with Crippen LogP contribution < -0.4 is 9.47 Å². The first kappa shape index (κ1) is 25.1. The topological polar surface area (TPSA) is 82.5 Å². The van der Waals surface area contributed by atoms with E-state index >= 15 is 0 Å². The number of piperidine rings is 1. The van der Waals surface area contributed by atoms with Crippen LogP contribution in [0.3, 0.4) is 0 Å². The van der Waals surface area contributed by atoms with Crippen LogP contribution in [0.25, 0.3) is 0 Å². The van der Waals surface area contributed by atoms with Gasteiger partial charge in [-0.3, -0.25) is 9.69 Å². The molecule has 2 N–H and O–H groups in total. The number of fused-ring (bicyclic) bond motifs is 1. The van der Waals surface area contributed by atoms with E-state index in [4.69, 9.17) is 9.47 Å². The van der Waals surface area contributed by atoms with E-state index in [1.165, 1.54) is 18.4 Å². The Kier molecular flexibility index (Phi) is 5.28. The fourth-order valence-electron chi connectivity index (χ4n) is 9.23. The summed E-state index contributed by atoms with van der Waals surface area (Å²) in [5, 5.41) is 24.4. The summed E-state index contributed by atoms with van der Waals surface area (Å²) in [4.78, 5) is 18.0. The van der Waals surface area contributed by atoms with E-state index in [1.807, 2.05) is 54.6 Å². The van der Waals surface area contributed by atoms with E-state index in [1.54, 1.807) is 11.0 Å². The fraction of sp³-hybridized carbons (Fsp3) is 0.457. The van der Waals surface area contributed by atoms with E-state index in [9.17, 15) is 15.0 Å². The van der Waals surface area contributed by atoms with Crippen molar-refractivity contribution >= 4 is 5.91 Å². The van der Waals surface area contributed by atoms with Gasteiger partial charge in [-0.1, -0.05) is 54.6 Å². The van der Waals surface area contributed by atoms with Crippen molar-refractivity contribution in [2.45, 2.75) is 80.6 Å². The molecule has 2 bridgehead atoms. The number of nitrogens with zero attached hydrogens (tertiary/aromatic N) is 2. The Morgan fingerprint density at radius 1 is 0.976 bits per heavy atom. The monoisotopic (exact) mass is 564 g/mol. The summed E-state index contributed by atoms with van der Waals surface area (Å²) in [5.41, 5.74) is 2.89. The minimum absolute atomic E-state index is 0.00448. The predicted octanol–water partition coefficient (Wildman–Crippen LogP) is 4.35. The zero-order chi connectivity index (χ0) is 28.2. The van der Waals surface area contributed by atoms with Gasteiger partial charge in [-0.2, -0.15) is 0 Å². The highest BCUT2D eigenvalue weighted by Crippen LogP contribution is 2.66. The lowest BCUT2D eigenvalue weighted by atomic mass is 9.48. The molecule has 2 saturated carbocycles. The molecule has 1 unspecified atom stereocenters. The summed E-state index contributed by atoms with van der Waals surface area (Å²) in [5.74, 6) is 1.96. The maximum atomic E-state index is 13.8. The third kappa shape index (κ3) is 3.24. The summed E-state index contributed by atoms with van der Waals surface area (Å²) in [6.45, 7) is 2.34. The number of carbonyl (C=O) groups excluding carboxylic acids is 1. The highest BCUT2D eigenvalue weighted by molar-refractivity contribution is 5.99. The molecule has 0 aromatic heterocycles. The van der Waals surface area contributed by atoms with Crippen LogP contribution in [0.5, 0.6) is 11.5 Å². The predicted molar refractivity (Wildman–Crippen MR) is 155 cm³/mol. The van der Waals surface area contributed by atoms with Crippen LogP contribution in [0.1, 0.15) is 70.9 Å². The number of benzene rings is 3. The van der Waals surface area contributed by atoms with Crippen LogP contribution in [0.2, 0.25) is 0 Å². The lowest BCUT2D eigenvalue weighted by Crippen LogP contribution is -2.78. The molecule has 1 amide bonds. The third-order valence-corrected chi connectivity index (χ3v) is 11.3. The number of rotatable bonds is 6. The minimum Gasteiger partial charge on any atom is -0.485 e. The van der Waals surface area contributed by atoms with Crippen molar-refractivity contribution < 1.29 is 24.5 Å². The van der Waals surface area contributed by atoms with Crippen molar-refractivity contribution in [3.63, 3.8) is 0 Å². The number of carbonyl (C=O) groups is 1. The fourth-order valence-corrected chi connectivity index (χ4v) is 9.23. The normalized spacial score (nSPS) is 34.1. The molecular weight excluding hydrogens is 528 g/mol. The second-order valence-corrected chi connectivity index (χ2v) is 13.3. The largest absolute Gasteiger partial charge is 0.485 e. The van der Waals surface area contributed by atoms with Crippen molar-refractivity contribution in [2.75, 3.05) is 13.1 Å². The molecule has 3 aromatic carbocycles. The molecule has 3 aliphatic carbocycles. The van der Waals surface area contributed by atoms with Gasteiger partial charge >= 0.3 is 0 Å². The number of aliphatic hydroxyl groups is 2. The van der Waals surface area contributed by atoms with E-state index in [0.717, 1.165) is 43.0 Å². The van der Waals surface area contributed by atoms with Gasteiger partial charge in [0.05, 0.1) is 17.1 Å². The Balaban J connectivity index is 1.16. The van der Waals surface area contributed by atoms with Crippen LogP contribution >= 0.6 is 0 Å². The zero-order valence-corrected chi connectivity index (χ0v) is 23.6. The Bertz CT molecular complexity index is 1590. The van der Waals surface area contributed by atoms with Gasteiger partial charge in [-0.05, 0) is 74.2 Å². The van der Waals surface area contributed by atoms with Crippen molar-refractivity contribution in [2.24, 2.45) is 5.92 Å². The molecule has 7 heteroatoms. The second kappa shape index (κ2) is 8.82. The Morgan fingerprint density at radius 2 is 1.79 bits per heavy atom. The van der Waals surface area contributed by atoms with Crippen LogP contribution in [0.4, 0.5) is 0 Å². The highest BCUT2D eigenvalue weighted by Gasteiger charge is 2.74. The summed E-state index contributed by atoms with van der Waals surface area (Å²) in [6, 6.07) is 21.3. The van der Waals surface area contributed by atoms with E-state index < -0.39 is 23.3 Å². The lowest BCUT2D eigenvalue weighted by molar-refractivity contribution is -0.204. The first-order valence-corrected chi connectivity index (χ1v) is 15.6. The second-order valence-electron chi connectivity index (χ2n) is 13.3. The minimum atomic E-state index is -1.03. The molecule has 6 atom stereocenters. The van der Waals surface area contributed by atoms with E-state index in [0.29, 0.717) is 42.1 Å². The molecule has 6 aliphatic rings. The van der Waals surface area contributed by atoms with Gasteiger partial charge in [0, 0.05) is 29.3 Å². The summed E-state index contributed by atoms with van der Waals surface area (Å²) >= 11 is 0. The Morgan fingerprint density at radius 3 is 2.60 bits per heavy atom. The van der Waals surface area contributed by atoms with Gasteiger partial charge < -0.3 is 24.6 Å². The average molecular weight is 565 g/mol. The number of amides is 1. The summed E-state index contributed by atoms with van der Waals surface area (Å²) in [7, 11) is 0. The number of aliphatic hydroxyl groups excluding tert-OH is 1. The molecule has 0 radical (unpaired) electrons. The summed E-state index contributed by atoms with van der Waals surface area (Å²) < 4.78 is 13.4. The van der Waals surface area contributed by atoms with Gasteiger partial charge in [0.1, 0.15) is 12.7 Å². The van der Waals surface area contributed by atoms with Crippen molar-refractivity contribution in [1.29, 1.82) is 0 Å². The zero-order valence-electron chi connectivity index (χ0n) is 23.6. The average Bonchev–Trinajstić information content (AvgIpc) is 3.70. The first-order chi connectivity index (χ1) is 20.5. The van der Waals surface area contributed by atoms with Gasteiger partial charge in [0.15, 0.2) is 17.7 Å². The molecule has 1 saturated heterocycles. The maximum absolute atomic E-state index is 13.8. The smallest absolute Gasteiger partial charge is 0.256 e. The highest BCUT2D eigenvalue weighted by atomic mass is 16.5.